The van der Waals surface area contributed by atoms with Gasteiger partial charge in [0.25, 0.3) is 0 Å². The summed E-state index contributed by atoms with van der Waals surface area (Å²) < 4.78 is 1.94. The van der Waals surface area contributed by atoms with Crippen LogP contribution in [0.15, 0.2) is 54.6 Å². The van der Waals surface area contributed by atoms with E-state index >= 15 is 0 Å². The Bertz CT molecular complexity index is 884. The van der Waals surface area contributed by atoms with Crippen molar-refractivity contribution in [1.29, 1.82) is 0 Å². The first kappa shape index (κ1) is 16.1. The fourth-order valence-corrected chi connectivity index (χ4v) is 3.03. The summed E-state index contributed by atoms with van der Waals surface area (Å²) >= 11 is 5.94. The van der Waals surface area contributed by atoms with Crippen LogP contribution in [0.1, 0.15) is 21.6 Å². The average Bonchev–Trinajstić information content (AvgIpc) is 2.81. The molecule has 4 nitrogen and oxygen atoms in total. The van der Waals surface area contributed by atoms with Gasteiger partial charge in [-0.15, -0.1) is 0 Å². The van der Waals surface area contributed by atoms with E-state index in [4.69, 9.17) is 17.3 Å². The molecule has 1 aromatic heterocycles. The molecule has 0 amide bonds. The molecule has 3 rings (SSSR count). The van der Waals surface area contributed by atoms with Gasteiger partial charge in [0.2, 0.25) is 0 Å². The van der Waals surface area contributed by atoms with Crippen molar-refractivity contribution in [3.8, 4) is 11.3 Å². The average molecular weight is 341 g/mol. The molecule has 3 aromatic rings. The highest BCUT2D eigenvalue weighted by Crippen LogP contribution is 2.34. The van der Waals surface area contributed by atoms with Crippen LogP contribution in [0.25, 0.3) is 11.3 Å². The number of anilines is 1. The predicted octanol–water partition coefficient (Wildman–Crippen LogP) is 4.45. The number of halogens is 1. The number of nitrogens with two attached hydrogens (primary N) is 1. The van der Waals surface area contributed by atoms with Crippen LogP contribution in [0.3, 0.4) is 0 Å². The van der Waals surface area contributed by atoms with Crippen LogP contribution in [0.5, 0.6) is 0 Å². The largest absolute Gasteiger partial charge is 0.478 e. The number of rotatable bonds is 4. The van der Waals surface area contributed by atoms with Gasteiger partial charge in [0.1, 0.15) is 5.56 Å². The van der Waals surface area contributed by atoms with E-state index in [-0.39, 0.29) is 5.56 Å². The monoisotopic (exact) mass is 340 g/mol. The van der Waals surface area contributed by atoms with E-state index < -0.39 is 5.97 Å². The van der Waals surface area contributed by atoms with Gasteiger partial charge in [0.15, 0.2) is 0 Å². The van der Waals surface area contributed by atoms with Gasteiger partial charge < -0.3 is 15.4 Å². The number of benzene rings is 2. The minimum atomic E-state index is -1.02. The highest BCUT2D eigenvalue weighted by Gasteiger charge is 2.23. The molecular weight excluding hydrogens is 324 g/mol. The highest BCUT2D eigenvalue weighted by atomic mass is 35.5. The number of nitrogen functional groups attached to an aromatic ring is 1. The summed E-state index contributed by atoms with van der Waals surface area (Å²) in [5.74, 6) is -1.02. The Balaban J connectivity index is 2.18. The van der Waals surface area contributed by atoms with E-state index in [1.165, 1.54) is 0 Å². The summed E-state index contributed by atoms with van der Waals surface area (Å²) in [5, 5.41) is 10.2. The van der Waals surface area contributed by atoms with Crippen molar-refractivity contribution in [3.63, 3.8) is 0 Å². The lowest BCUT2D eigenvalue weighted by molar-refractivity contribution is 0.0697. The topological polar surface area (TPSA) is 68.2 Å². The molecule has 0 aliphatic carbocycles. The van der Waals surface area contributed by atoms with Crippen molar-refractivity contribution in [2.75, 3.05) is 5.73 Å². The Morgan fingerprint density at radius 2 is 1.75 bits per heavy atom. The highest BCUT2D eigenvalue weighted by molar-refractivity contribution is 6.30. The van der Waals surface area contributed by atoms with Gasteiger partial charge in [-0.3, -0.25) is 0 Å². The van der Waals surface area contributed by atoms with Gasteiger partial charge in [0, 0.05) is 22.8 Å². The molecule has 0 atom stereocenters. The molecule has 5 heteroatoms. The fourth-order valence-electron chi connectivity index (χ4n) is 2.91. The summed E-state index contributed by atoms with van der Waals surface area (Å²) in [7, 11) is 0. The zero-order valence-corrected chi connectivity index (χ0v) is 13.9. The molecule has 0 saturated carbocycles. The molecule has 0 aliphatic rings. The van der Waals surface area contributed by atoms with Crippen LogP contribution in [0, 0.1) is 6.92 Å². The SMILES string of the molecule is Cc1c(C(=O)O)c(N)c(-c2ccccc2)n1Cc1ccc(Cl)cc1. The Hall–Kier alpha value is -2.72. The lowest BCUT2D eigenvalue weighted by atomic mass is 10.1. The van der Waals surface area contributed by atoms with Gasteiger partial charge in [-0.25, -0.2) is 4.79 Å². The van der Waals surface area contributed by atoms with E-state index in [0.717, 1.165) is 16.8 Å². The zero-order valence-electron chi connectivity index (χ0n) is 13.2. The second-order valence-electron chi connectivity index (χ2n) is 5.61. The van der Waals surface area contributed by atoms with Crippen molar-refractivity contribution in [2.24, 2.45) is 0 Å². The van der Waals surface area contributed by atoms with Crippen LogP contribution in [0.2, 0.25) is 5.02 Å². The van der Waals surface area contributed by atoms with Crippen molar-refractivity contribution in [2.45, 2.75) is 13.5 Å². The Morgan fingerprint density at radius 1 is 1.12 bits per heavy atom. The lowest BCUT2D eigenvalue weighted by Crippen LogP contribution is -2.05. The van der Waals surface area contributed by atoms with Crippen LogP contribution in [-0.2, 0) is 6.54 Å². The molecule has 0 spiro atoms. The molecule has 0 fully saturated rings. The maximum atomic E-state index is 11.6. The molecule has 2 aromatic carbocycles. The van der Waals surface area contributed by atoms with E-state index in [1.54, 1.807) is 6.92 Å². The molecule has 0 aliphatic heterocycles. The number of carboxylic acid groups (broad SMARTS) is 1. The standard InChI is InChI=1S/C19H17ClN2O2/c1-12-16(19(23)24)17(21)18(14-5-3-2-4-6-14)22(12)11-13-7-9-15(20)10-8-13/h2-10H,11,21H2,1H3,(H,23,24). The maximum absolute atomic E-state index is 11.6. The quantitative estimate of drug-likeness (QED) is 0.737. The van der Waals surface area contributed by atoms with Gasteiger partial charge in [-0.05, 0) is 24.6 Å². The van der Waals surface area contributed by atoms with E-state index in [1.807, 2.05) is 59.2 Å². The number of aromatic carboxylic acids is 1. The van der Waals surface area contributed by atoms with Crippen LogP contribution >= 0.6 is 11.6 Å². The molecule has 0 unspecified atom stereocenters. The van der Waals surface area contributed by atoms with Crippen LogP contribution < -0.4 is 5.73 Å². The molecule has 0 bridgehead atoms. The number of hydrogen-bond donors (Lipinski definition) is 2. The number of nitrogens with zero attached hydrogens (tertiary/aromatic N) is 1. The molecule has 0 radical (unpaired) electrons. The molecule has 122 valence electrons. The normalized spacial score (nSPS) is 10.8. The summed E-state index contributed by atoms with van der Waals surface area (Å²) in [6.45, 7) is 2.30. The van der Waals surface area contributed by atoms with Crippen molar-refractivity contribution in [1.82, 2.24) is 4.57 Å². The number of carbonyl (C=O) groups is 1. The van der Waals surface area contributed by atoms with E-state index in [9.17, 15) is 9.90 Å². The summed E-state index contributed by atoms with van der Waals surface area (Å²) in [6, 6.07) is 17.1. The minimum Gasteiger partial charge on any atom is -0.478 e. The predicted molar refractivity (Wildman–Crippen MR) is 96.5 cm³/mol. The molecular formula is C19H17ClN2O2. The van der Waals surface area contributed by atoms with Crippen molar-refractivity contribution in [3.05, 3.63) is 76.4 Å². The first-order chi connectivity index (χ1) is 11.5. The molecule has 3 N–H and O–H groups in total. The Kier molecular flexibility index (Phi) is 4.32. The fraction of sp³-hybridized carbons (Fsp3) is 0.105. The zero-order chi connectivity index (χ0) is 17.3. The van der Waals surface area contributed by atoms with Gasteiger partial charge in [-0.2, -0.15) is 0 Å². The van der Waals surface area contributed by atoms with Gasteiger partial charge >= 0.3 is 5.97 Å². The second-order valence-corrected chi connectivity index (χ2v) is 6.04. The van der Waals surface area contributed by atoms with Crippen LogP contribution in [-0.4, -0.2) is 15.6 Å². The third kappa shape index (κ3) is 2.88. The third-order valence-corrected chi connectivity index (χ3v) is 4.33. The minimum absolute atomic E-state index is 0.155. The second kappa shape index (κ2) is 6.42. The van der Waals surface area contributed by atoms with Crippen molar-refractivity contribution >= 4 is 23.3 Å². The Labute approximate surface area is 145 Å². The smallest absolute Gasteiger partial charge is 0.339 e. The van der Waals surface area contributed by atoms with Crippen LogP contribution in [0.4, 0.5) is 5.69 Å². The van der Waals surface area contributed by atoms with Gasteiger partial charge in [0.05, 0.1) is 11.4 Å². The first-order valence-corrected chi connectivity index (χ1v) is 7.88. The maximum Gasteiger partial charge on any atom is 0.339 e. The van der Waals surface area contributed by atoms with E-state index in [2.05, 4.69) is 0 Å². The summed E-state index contributed by atoms with van der Waals surface area (Å²) in [5.41, 5.74) is 9.90. The lowest BCUT2D eigenvalue weighted by Gasteiger charge is -2.13. The van der Waals surface area contributed by atoms with Gasteiger partial charge in [-0.1, -0.05) is 54.1 Å². The number of hydrogen-bond acceptors (Lipinski definition) is 2. The molecule has 24 heavy (non-hydrogen) atoms. The molecule has 1 heterocycles. The summed E-state index contributed by atoms with van der Waals surface area (Å²) in [4.78, 5) is 11.6. The number of carboxylic acids is 1. The number of aromatic nitrogens is 1. The van der Waals surface area contributed by atoms with E-state index in [0.29, 0.717) is 22.9 Å². The molecule has 0 saturated heterocycles. The van der Waals surface area contributed by atoms with Crippen molar-refractivity contribution < 1.29 is 9.90 Å². The third-order valence-electron chi connectivity index (χ3n) is 4.08. The first-order valence-electron chi connectivity index (χ1n) is 7.50. The summed E-state index contributed by atoms with van der Waals surface area (Å²) in [6.07, 6.45) is 0. The Morgan fingerprint density at radius 3 is 2.33 bits per heavy atom.